The Bertz CT molecular complexity index is 926. The van der Waals surface area contributed by atoms with Crippen molar-refractivity contribution in [1.82, 2.24) is 4.98 Å². The van der Waals surface area contributed by atoms with Crippen LogP contribution in [0, 0.1) is 6.92 Å². The third-order valence-electron chi connectivity index (χ3n) is 3.81. The van der Waals surface area contributed by atoms with E-state index in [2.05, 4.69) is 4.98 Å². The molecular weight excluding hydrogens is 294 g/mol. The van der Waals surface area contributed by atoms with Crippen LogP contribution in [0.2, 0.25) is 0 Å². The zero-order chi connectivity index (χ0) is 15.3. The number of rotatable bonds is 1. The van der Waals surface area contributed by atoms with Crippen LogP contribution >= 0.6 is 11.3 Å². The molecule has 3 aromatic rings. The lowest BCUT2D eigenvalue weighted by Gasteiger charge is -2.14. The molecule has 22 heavy (non-hydrogen) atoms. The van der Waals surface area contributed by atoms with Crippen molar-refractivity contribution >= 4 is 22.9 Å². The highest BCUT2D eigenvalue weighted by Crippen LogP contribution is 2.35. The molecule has 0 saturated carbocycles. The van der Waals surface area contributed by atoms with E-state index in [1.165, 1.54) is 11.3 Å². The number of carbonyl (C=O) groups is 2. The molecule has 1 aromatic heterocycles. The van der Waals surface area contributed by atoms with Crippen molar-refractivity contribution in [3.05, 3.63) is 75.8 Å². The van der Waals surface area contributed by atoms with Gasteiger partial charge in [-0.15, -0.1) is 11.3 Å². The maximum absolute atomic E-state index is 12.7. The van der Waals surface area contributed by atoms with Crippen molar-refractivity contribution in [2.45, 2.75) is 6.92 Å². The monoisotopic (exact) mass is 305 g/mol. The first-order valence-corrected chi connectivity index (χ1v) is 7.73. The first-order valence-electron chi connectivity index (χ1n) is 6.92. The third-order valence-corrected chi connectivity index (χ3v) is 4.92. The third kappa shape index (κ3) is 1.77. The summed E-state index contributed by atoms with van der Waals surface area (Å²) in [7, 11) is 0. The van der Waals surface area contributed by atoms with Gasteiger partial charge < -0.3 is 0 Å². The average Bonchev–Trinajstić information content (AvgIpc) is 2.99. The molecule has 0 aliphatic heterocycles. The Morgan fingerprint density at radius 2 is 1.68 bits per heavy atom. The van der Waals surface area contributed by atoms with Gasteiger partial charge in [0.2, 0.25) is 11.6 Å². The number of ketones is 2. The van der Waals surface area contributed by atoms with E-state index in [0.717, 1.165) is 11.1 Å². The molecule has 0 atom stereocenters. The van der Waals surface area contributed by atoms with Gasteiger partial charge in [-0.25, -0.2) is 4.98 Å². The van der Waals surface area contributed by atoms with Crippen LogP contribution in [-0.2, 0) is 0 Å². The summed E-state index contributed by atoms with van der Waals surface area (Å²) in [5.74, 6) is -0.255. The van der Waals surface area contributed by atoms with Crippen molar-refractivity contribution in [2.75, 3.05) is 0 Å². The number of hydrogen-bond acceptors (Lipinski definition) is 4. The van der Waals surface area contributed by atoms with Crippen LogP contribution in [0.25, 0.3) is 10.6 Å². The zero-order valence-corrected chi connectivity index (χ0v) is 12.6. The molecule has 4 rings (SSSR count). The predicted octanol–water partition coefficient (Wildman–Crippen LogP) is 3.89. The summed E-state index contributed by atoms with van der Waals surface area (Å²) in [4.78, 5) is 30.3. The molecule has 0 amide bonds. The van der Waals surface area contributed by atoms with Gasteiger partial charge in [-0.3, -0.25) is 9.59 Å². The average molecular weight is 305 g/mol. The van der Waals surface area contributed by atoms with Crippen LogP contribution in [0.5, 0.6) is 0 Å². The maximum atomic E-state index is 12.7. The van der Waals surface area contributed by atoms with Crippen LogP contribution < -0.4 is 0 Å². The van der Waals surface area contributed by atoms with E-state index in [-0.39, 0.29) is 17.3 Å². The Morgan fingerprint density at radius 3 is 2.45 bits per heavy atom. The summed E-state index contributed by atoms with van der Waals surface area (Å²) >= 11 is 1.29. The SMILES string of the molecule is Cc1cccc2c1C(=O)c1sc(-c3ccccc3)nc1C2=O. The van der Waals surface area contributed by atoms with Crippen LogP contribution in [-0.4, -0.2) is 16.6 Å². The fraction of sp³-hybridized carbons (Fsp3) is 0.0556. The molecular formula is C18H11NO2S. The molecule has 0 N–H and O–H groups in total. The van der Waals surface area contributed by atoms with Crippen molar-refractivity contribution in [2.24, 2.45) is 0 Å². The van der Waals surface area contributed by atoms with Gasteiger partial charge in [0.1, 0.15) is 15.6 Å². The number of aryl methyl sites for hydroxylation is 1. The molecule has 106 valence electrons. The minimum absolute atomic E-state index is 0.0950. The Kier molecular flexibility index (Phi) is 2.81. The van der Waals surface area contributed by atoms with Gasteiger partial charge in [-0.1, -0.05) is 48.5 Å². The summed E-state index contributed by atoms with van der Waals surface area (Å²) in [5, 5.41) is 0.706. The van der Waals surface area contributed by atoms with Gasteiger partial charge >= 0.3 is 0 Å². The molecule has 4 heteroatoms. The fourth-order valence-corrected chi connectivity index (χ4v) is 3.75. The lowest BCUT2D eigenvalue weighted by Crippen LogP contribution is -2.20. The summed E-state index contributed by atoms with van der Waals surface area (Å²) in [6.45, 7) is 1.86. The normalized spacial score (nSPS) is 13.0. The minimum Gasteiger partial charge on any atom is -0.288 e. The highest BCUT2D eigenvalue weighted by Gasteiger charge is 2.34. The Balaban J connectivity index is 1.93. The number of carbonyl (C=O) groups excluding carboxylic acids is 2. The van der Waals surface area contributed by atoms with Gasteiger partial charge in [0.05, 0.1) is 0 Å². The van der Waals surface area contributed by atoms with Gasteiger partial charge in [0.15, 0.2) is 0 Å². The van der Waals surface area contributed by atoms with Gasteiger partial charge in [-0.05, 0) is 12.5 Å². The van der Waals surface area contributed by atoms with Crippen molar-refractivity contribution in [1.29, 1.82) is 0 Å². The lowest BCUT2D eigenvalue weighted by molar-refractivity contribution is 0.0978. The van der Waals surface area contributed by atoms with Crippen molar-refractivity contribution in [3.8, 4) is 10.6 Å². The van der Waals surface area contributed by atoms with E-state index in [0.29, 0.717) is 21.0 Å². The Labute approximate surface area is 131 Å². The zero-order valence-electron chi connectivity index (χ0n) is 11.8. The summed E-state index contributed by atoms with van der Waals surface area (Å²) in [6.07, 6.45) is 0. The second kappa shape index (κ2) is 4.71. The highest BCUT2D eigenvalue weighted by atomic mass is 32.1. The molecule has 0 radical (unpaired) electrons. The number of nitrogens with zero attached hydrogens (tertiary/aromatic N) is 1. The summed E-state index contributed by atoms with van der Waals surface area (Å²) in [5.41, 5.74) is 3.01. The van der Waals surface area contributed by atoms with E-state index >= 15 is 0 Å². The van der Waals surface area contributed by atoms with Gasteiger partial charge in [0, 0.05) is 16.7 Å². The number of fused-ring (bicyclic) bond motifs is 2. The molecule has 3 nitrogen and oxygen atoms in total. The lowest BCUT2D eigenvalue weighted by atomic mass is 9.88. The van der Waals surface area contributed by atoms with E-state index in [4.69, 9.17) is 0 Å². The standard InChI is InChI=1S/C18H11NO2S/c1-10-6-5-9-12-13(10)16(21)17-14(15(12)20)19-18(22-17)11-7-3-2-4-8-11/h2-9H,1H3. The fourth-order valence-electron chi connectivity index (χ4n) is 2.73. The molecule has 1 aliphatic carbocycles. The molecule has 0 saturated heterocycles. The topological polar surface area (TPSA) is 47.0 Å². The molecule has 1 aliphatic rings. The number of hydrogen-bond donors (Lipinski definition) is 0. The van der Waals surface area contributed by atoms with Crippen molar-refractivity contribution < 1.29 is 9.59 Å². The first kappa shape index (κ1) is 13.1. The van der Waals surface area contributed by atoms with E-state index in [1.54, 1.807) is 12.1 Å². The minimum atomic E-state index is -0.160. The summed E-state index contributed by atoms with van der Waals surface area (Å²) < 4.78 is 0. The Morgan fingerprint density at radius 1 is 0.909 bits per heavy atom. The molecule has 0 spiro atoms. The van der Waals surface area contributed by atoms with Gasteiger partial charge in [0.25, 0.3) is 0 Å². The number of benzene rings is 2. The smallest absolute Gasteiger partial charge is 0.213 e. The Hall–Kier alpha value is -2.59. The maximum Gasteiger partial charge on any atom is 0.213 e. The van der Waals surface area contributed by atoms with Crippen LogP contribution in [0.15, 0.2) is 48.5 Å². The predicted molar refractivity (Wildman–Crippen MR) is 85.6 cm³/mol. The molecule has 1 heterocycles. The molecule has 2 aromatic carbocycles. The van der Waals surface area contributed by atoms with Gasteiger partial charge in [-0.2, -0.15) is 0 Å². The van der Waals surface area contributed by atoms with Crippen LogP contribution in [0.1, 0.15) is 36.9 Å². The van der Waals surface area contributed by atoms with Crippen LogP contribution in [0.3, 0.4) is 0 Å². The number of thiazole rings is 1. The number of aromatic nitrogens is 1. The van der Waals surface area contributed by atoms with E-state index < -0.39 is 0 Å². The van der Waals surface area contributed by atoms with Crippen LogP contribution in [0.4, 0.5) is 0 Å². The van der Waals surface area contributed by atoms with E-state index in [9.17, 15) is 9.59 Å². The highest BCUT2D eigenvalue weighted by molar-refractivity contribution is 7.17. The first-order chi connectivity index (χ1) is 10.7. The van der Waals surface area contributed by atoms with Crippen molar-refractivity contribution in [3.63, 3.8) is 0 Å². The summed E-state index contributed by atoms with van der Waals surface area (Å²) in [6, 6.07) is 15.0. The molecule has 0 unspecified atom stereocenters. The second-order valence-electron chi connectivity index (χ2n) is 5.22. The quantitative estimate of drug-likeness (QED) is 0.536. The van der Waals surface area contributed by atoms with E-state index in [1.807, 2.05) is 43.3 Å². The molecule has 0 bridgehead atoms. The largest absolute Gasteiger partial charge is 0.288 e. The molecule has 0 fully saturated rings. The second-order valence-corrected chi connectivity index (χ2v) is 6.22.